The predicted molar refractivity (Wildman–Crippen MR) is 179 cm³/mol. The molecule has 13 heteroatoms. The first kappa shape index (κ1) is 43.9. The summed E-state index contributed by atoms with van der Waals surface area (Å²) in [5, 5.41) is 30.4. The minimum Gasteiger partial charge on any atom is -0.457 e. The topological polar surface area (TPSA) is 178 Å². The molecular weight excluding hydrogens is 632 g/mol. The second-order valence-electron chi connectivity index (χ2n) is 12.5. The third-order valence-electron chi connectivity index (χ3n) is 8.14. The van der Waals surface area contributed by atoms with Gasteiger partial charge in [0.1, 0.15) is 30.5 Å². The average molecular weight is 697 g/mol. The number of unbranched alkanes of at least 4 members (excludes halogenated alkanes) is 15. The molecule has 0 aromatic heterocycles. The highest BCUT2D eigenvalue weighted by molar-refractivity contribution is 7.80. The second kappa shape index (κ2) is 27.6. The largest absolute Gasteiger partial charge is 0.457 e. The molecule has 12 nitrogen and oxygen atoms in total. The van der Waals surface area contributed by atoms with E-state index >= 15 is 0 Å². The molecule has 0 bridgehead atoms. The molecule has 1 saturated heterocycles. The molecule has 1 rings (SSSR count). The van der Waals surface area contributed by atoms with Crippen molar-refractivity contribution < 1.29 is 56.2 Å². The Bertz CT molecular complexity index is 900. The first-order valence-corrected chi connectivity index (χ1v) is 19.3. The van der Waals surface area contributed by atoms with Gasteiger partial charge in [-0.1, -0.05) is 109 Å². The lowest BCUT2D eigenvalue weighted by Crippen LogP contribution is -2.60. The Morgan fingerprint density at radius 2 is 1.36 bits per heavy atom. The van der Waals surface area contributed by atoms with E-state index in [2.05, 4.69) is 30.2 Å². The molecule has 0 aliphatic carbocycles. The molecule has 1 aliphatic rings. The fraction of sp³-hybridized carbons (Fsp3) is 0.912. The third-order valence-corrected chi connectivity index (χ3v) is 8.60. The van der Waals surface area contributed by atoms with Crippen LogP contribution in [0.2, 0.25) is 0 Å². The first-order chi connectivity index (χ1) is 22.6. The SMILES string of the molecule is CCCC/C=C\CCCCCCCC(=O)OC(COCCCCCCCCCCC)COC1OC(CO)C(O)C(OS(=O)(=O)O)C1O. The van der Waals surface area contributed by atoms with Crippen LogP contribution in [0.5, 0.6) is 0 Å². The molecule has 0 saturated carbocycles. The molecule has 0 spiro atoms. The predicted octanol–water partition coefficient (Wildman–Crippen LogP) is 5.57. The van der Waals surface area contributed by atoms with Crippen LogP contribution in [0.3, 0.4) is 0 Å². The number of allylic oxidation sites excluding steroid dienone is 2. The molecule has 0 amide bonds. The van der Waals surface area contributed by atoms with Crippen LogP contribution < -0.4 is 0 Å². The van der Waals surface area contributed by atoms with E-state index in [-0.39, 0.29) is 19.6 Å². The van der Waals surface area contributed by atoms with Gasteiger partial charge in [-0.2, -0.15) is 8.42 Å². The zero-order valence-corrected chi connectivity index (χ0v) is 29.7. The first-order valence-electron chi connectivity index (χ1n) is 17.9. The number of aliphatic hydroxyl groups is 3. The number of hydrogen-bond acceptors (Lipinski definition) is 11. The van der Waals surface area contributed by atoms with Gasteiger partial charge < -0.3 is 34.3 Å². The Hall–Kier alpha value is -1.16. The van der Waals surface area contributed by atoms with Crippen molar-refractivity contribution in [2.24, 2.45) is 0 Å². The quantitative estimate of drug-likeness (QED) is 0.0318. The molecule has 47 heavy (non-hydrogen) atoms. The lowest BCUT2D eigenvalue weighted by molar-refractivity contribution is -0.301. The number of aliphatic hydroxyl groups excluding tert-OH is 3. The molecule has 6 atom stereocenters. The fourth-order valence-electron chi connectivity index (χ4n) is 5.36. The summed E-state index contributed by atoms with van der Waals surface area (Å²) in [5.41, 5.74) is 0. The second-order valence-corrected chi connectivity index (χ2v) is 13.5. The maximum atomic E-state index is 12.7. The van der Waals surface area contributed by atoms with Gasteiger partial charge >= 0.3 is 16.4 Å². The summed E-state index contributed by atoms with van der Waals surface area (Å²) in [4.78, 5) is 12.7. The molecule has 0 aromatic rings. The van der Waals surface area contributed by atoms with E-state index in [4.69, 9.17) is 23.5 Å². The average Bonchev–Trinajstić information content (AvgIpc) is 3.03. The number of rotatable bonds is 30. The van der Waals surface area contributed by atoms with E-state index in [0.717, 1.165) is 57.8 Å². The van der Waals surface area contributed by atoms with Gasteiger partial charge in [-0.05, 0) is 32.1 Å². The van der Waals surface area contributed by atoms with Gasteiger partial charge in [0, 0.05) is 13.0 Å². The molecule has 1 aliphatic heterocycles. The monoisotopic (exact) mass is 696 g/mol. The van der Waals surface area contributed by atoms with Crippen LogP contribution in [0.25, 0.3) is 0 Å². The lowest BCUT2D eigenvalue weighted by Gasteiger charge is -2.41. The zero-order chi connectivity index (χ0) is 34.8. The van der Waals surface area contributed by atoms with Gasteiger partial charge in [-0.15, -0.1) is 0 Å². The van der Waals surface area contributed by atoms with E-state index in [1.54, 1.807) is 0 Å². The van der Waals surface area contributed by atoms with Gasteiger partial charge in [0.2, 0.25) is 0 Å². The lowest BCUT2D eigenvalue weighted by atomic mass is 9.99. The summed E-state index contributed by atoms with van der Waals surface area (Å²) in [5.74, 6) is -0.412. The van der Waals surface area contributed by atoms with E-state index in [1.807, 2.05) is 0 Å². The highest BCUT2D eigenvalue weighted by Gasteiger charge is 2.48. The minimum absolute atomic E-state index is 0.0361. The smallest absolute Gasteiger partial charge is 0.397 e. The van der Waals surface area contributed by atoms with Crippen molar-refractivity contribution in [3.05, 3.63) is 12.2 Å². The Labute approximate surface area is 283 Å². The van der Waals surface area contributed by atoms with Gasteiger partial charge in [0.15, 0.2) is 6.29 Å². The van der Waals surface area contributed by atoms with Crippen molar-refractivity contribution >= 4 is 16.4 Å². The summed E-state index contributed by atoms with van der Waals surface area (Å²) in [6, 6.07) is 0. The Kier molecular flexibility index (Phi) is 25.8. The molecule has 1 fully saturated rings. The fourth-order valence-corrected chi connectivity index (χ4v) is 5.87. The molecule has 278 valence electrons. The molecule has 4 N–H and O–H groups in total. The van der Waals surface area contributed by atoms with Crippen molar-refractivity contribution in [2.45, 2.75) is 173 Å². The summed E-state index contributed by atoms with van der Waals surface area (Å²) in [6.07, 6.45) is 15.5. The maximum Gasteiger partial charge on any atom is 0.397 e. The van der Waals surface area contributed by atoms with Crippen LogP contribution in [0.15, 0.2) is 12.2 Å². The van der Waals surface area contributed by atoms with Crippen molar-refractivity contribution in [3.8, 4) is 0 Å². The van der Waals surface area contributed by atoms with E-state index < -0.39 is 59.8 Å². The molecule has 0 aromatic carbocycles. The highest BCUT2D eigenvalue weighted by Crippen LogP contribution is 2.26. The van der Waals surface area contributed by atoms with Crippen molar-refractivity contribution in [1.82, 2.24) is 0 Å². The van der Waals surface area contributed by atoms with Crippen molar-refractivity contribution in [3.63, 3.8) is 0 Å². The van der Waals surface area contributed by atoms with Crippen LogP contribution in [0, 0.1) is 0 Å². The summed E-state index contributed by atoms with van der Waals surface area (Å²) >= 11 is 0. The van der Waals surface area contributed by atoms with Gasteiger partial charge in [0.05, 0.1) is 19.8 Å². The van der Waals surface area contributed by atoms with Gasteiger partial charge in [-0.3, -0.25) is 9.35 Å². The van der Waals surface area contributed by atoms with E-state index in [9.17, 15) is 28.5 Å². The van der Waals surface area contributed by atoms with E-state index in [0.29, 0.717) is 13.0 Å². The molecular formula is C34H64O12S. The maximum absolute atomic E-state index is 12.7. The Morgan fingerprint density at radius 1 is 0.787 bits per heavy atom. The minimum atomic E-state index is -5.05. The van der Waals surface area contributed by atoms with Crippen LogP contribution in [0.1, 0.15) is 136 Å². The molecule has 1 heterocycles. The van der Waals surface area contributed by atoms with Crippen LogP contribution in [-0.2, 0) is 38.3 Å². The summed E-state index contributed by atoms with van der Waals surface area (Å²) in [6.45, 7) is 3.89. The van der Waals surface area contributed by atoms with Gasteiger partial charge in [0.25, 0.3) is 0 Å². The number of hydrogen-bond donors (Lipinski definition) is 4. The Morgan fingerprint density at radius 3 is 1.98 bits per heavy atom. The van der Waals surface area contributed by atoms with Crippen LogP contribution in [0.4, 0.5) is 0 Å². The Balaban J connectivity index is 2.56. The number of ether oxygens (including phenoxy) is 4. The number of carbonyl (C=O) groups is 1. The van der Waals surface area contributed by atoms with Gasteiger partial charge in [-0.25, -0.2) is 4.18 Å². The standard InChI is InChI=1S/C34H64O12S/c1-3-5-7-9-11-13-14-15-17-19-21-23-30(36)44-28(26-42-24-22-20-18-16-12-10-8-6-4-2)27-43-34-32(38)33(46-47(39,40)41)31(37)29(25-35)45-34/h9,11,28-29,31-35,37-38H,3-8,10,12-27H2,1-2H3,(H,39,40,41)/b11-9-. The van der Waals surface area contributed by atoms with Crippen molar-refractivity contribution in [1.29, 1.82) is 0 Å². The summed E-state index contributed by atoms with van der Waals surface area (Å²) in [7, 11) is -5.05. The van der Waals surface area contributed by atoms with E-state index in [1.165, 1.54) is 51.4 Å². The van der Waals surface area contributed by atoms with Crippen molar-refractivity contribution in [2.75, 3.05) is 26.4 Å². The normalized spacial score (nSPS) is 22.6. The third kappa shape index (κ3) is 22.2. The highest BCUT2D eigenvalue weighted by atomic mass is 32.3. The molecule has 0 radical (unpaired) electrons. The number of esters is 1. The molecule has 6 unspecified atom stereocenters. The zero-order valence-electron chi connectivity index (χ0n) is 28.8. The van der Waals surface area contributed by atoms with Crippen LogP contribution in [-0.4, -0.2) is 97.5 Å². The summed E-state index contributed by atoms with van der Waals surface area (Å²) < 4.78 is 58.5. The van der Waals surface area contributed by atoms with Crippen LogP contribution >= 0.6 is 0 Å². The number of carbonyl (C=O) groups excluding carboxylic acids is 1.